The van der Waals surface area contributed by atoms with Crippen molar-refractivity contribution in [2.75, 3.05) is 0 Å². The van der Waals surface area contributed by atoms with Crippen LogP contribution in [-0.2, 0) is 12.0 Å². The monoisotopic (exact) mass is 277 g/mol. The van der Waals surface area contributed by atoms with Crippen molar-refractivity contribution in [1.29, 1.82) is 0 Å². The molecule has 1 spiro atoms. The number of rotatable bonds is 0. The van der Waals surface area contributed by atoms with E-state index in [-0.39, 0.29) is 0 Å². The number of thiophene rings is 1. The Morgan fingerprint density at radius 3 is 2.58 bits per heavy atom. The summed E-state index contributed by atoms with van der Waals surface area (Å²) in [5, 5.41) is 6.25. The smallest absolute Gasteiger partial charge is 0.0533 e. The molecule has 1 aromatic rings. The predicted octanol–water partition coefficient (Wildman–Crippen LogP) is 4.71. The van der Waals surface area contributed by atoms with Crippen LogP contribution in [0.2, 0.25) is 0 Å². The minimum Gasteiger partial charge on any atom is -0.304 e. The molecule has 2 heterocycles. The standard InChI is InChI=1S/C17H27NS/c1-12-11-13-7-10-19-15(13)17(18-12)8-5-14(6-9-17)16(2,3)4/h7,10,12,14,18H,5-6,8-9,11H2,1-4H3. The molecule has 1 aliphatic heterocycles. The van der Waals surface area contributed by atoms with Gasteiger partial charge in [0.1, 0.15) is 0 Å². The van der Waals surface area contributed by atoms with Gasteiger partial charge in [0.05, 0.1) is 5.54 Å². The van der Waals surface area contributed by atoms with Gasteiger partial charge in [0, 0.05) is 10.9 Å². The maximum atomic E-state index is 3.96. The van der Waals surface area contributed by atoms with Gasteiger partial charge in [-0.3, -0.25) is 0 Å². The average Bonchev–Trinajstić information content (AvgIpc) is 2.77. The molecule has 106 valence electrons. The van der Waals surface area contributed by atoms with Crippen LogP contribution < -0.4 is 5.32 Å². The molecular formula is C17H27NS. The van der Waals surface area contributed by atoms with E-state index in [1.165, 1.54) is 32.1 Å². The Morgan fingerprint density at radius 1 is 1.26 bits per heavy atom. The Balaban J connectivity index is 1.84. The highest BCUT2D eigenvalue weighted by Crippen LogP contribution is 2.49. The lowest BCUT2D eigenvalue weighted by atomic mass is 9.65. The first kappa shape index (κ1) is 13.6. The highest BCUT2D eigenvalue weighted by Gasteiger charge is 2.44. The number of hydrogen-bond donors (Lipinski definition) is 1. The predicted molar refractivity (Wildman–Crippen MR) is 83.7 cm³/mol. The summed E-state index contributed by atoms with van der Waals surface area (Å²) < 4.78 is 0. The van der Waals surface area contributed by atoms with Gasteiger partial charge in [0.2, 0.25) is 0 Å². The molecule has 1 fully saturated rings. The van der Waals surface area contributed by atoms with E-state index >= 15 is 0 Å². The van der Waals surface area contributed by atoms with Crippen LogP contribution in [0.25, 0.3) is 0 Å². The Bertz CT molecular complexity index is 446. The van der Waals surface area contributed by atoms with Crippen molar-refractivity contribution in [2.24, 2.45) is 11.3 Å². The molecule has 0 aromatic carbocycles. The highest BCUT2D eigenvalue weighted by atomic mass is 32.1. The van der Waals surface area contributed by atoms with Crippen LogP contribution in [0, 0.1) is 11.3 Å². The Labute approximate surface area is 121 Å². The second kappa shape index (κ2) is 4.60. The fourth-order valence-corrected chi connectivity index (χ4v) is 5.34. The number of nitrogens with one attached hydrogen (secondary N) is 1. The van der Waals surface area contributed by atoms with Crippen molar-refractivity contribution in [3.05, 3.63) is 21.9 Å². The summed E-state index contributed by atoms with van der Waals surface area (Å²) in [6, 6.07) is 2.99. The lowest BCUT2D eigenvalue weighted by molar-refractivity contribution is 0.103. The third-order valence-electron chi connectivity index (χ3n) is 5.29. The summed E-state index contributed by atoms with van der Waals surface area (Å²) in [4.78, 5) is 1.65. The van der Waals surface area contributed by atoms with E-state index in [4.69, 9.17) is 0 Å². The fraction of sp³-hybridized carbons (Fsp3) is 0.765. The summed E-state index contributed by atoms with van der Waals surface area (Å²) in [5.41, 5.74) is 2.40. The minimum absolute atomic E-state index is 0.308. The molecule has 1 N–H and O–H groups in total. The van der Waals surface area contributed by atoms with E-state index in [2.05, 4.69) is 44.5 Å². The van der Waals surface area contributed by atoms with E-state index in [1.54, 1.807) is 10.4 Å². The van der Waals surface area contributed by atoms with Crippen molar-refractivity contribution >= 4 is 11.3 Å². The van der Waals surface area contributed by atoms with Crippen molar-refractivity contribution in [2.45, 2.75) is 71.4 Å². The second-order valence-electron chi connectivity index (χ2n) is 7.75. The van der Waals surface area contributed by atoms with Gasteiger partial charge in [-0.15, -0.1) is 11.3 Å². The van der Waals surface area contributed by atoms with Gasteiger partial charge >= 0.3 is 0 Å². The SMILES string of the molecule is CC1Cc2ccsc2C2(CCC(C(C)(C)C)CC2)N1. The molecule has 3 rings (SSSR count). The van der Waals surface area contributed by atoms with Gasteiger partial charge in [0.25, 0.3) is 0 Å². The molecular weight excluding hydrogens is 250 g/mol. The summed E-state index contributed by atoms with van der Waals surface area (Å²) in [7, 11) is 0. The molecule has 1 atom stereocenters. The van der Waals surface area contributed by atoms with E-state index in [0.717, 1.165) is 5.92 Å². The lowest BCUT2D eigenvalue weighted by Gasteiger charge is -2.48. The van der Waals surface area contributed by atoms with Crippen molar-refractivity contribution in [3.8, 4) is 0 Å². The molecule has 1 unspecified atom stereocenters. The Kier molecular flexibility index (Phi) is 3.30. The maximum Gasteiger partial charge on any atom is 0.0533 e. The molecule has 1 nitrogen and oxygen atoms in total. The zero-order valence-corrected chi connectivity index (χ0v) is 13.6. The van der Waals surface area contributed by atoms with Crippen molar-refractivity contribution in [3.63, 3.8) is 0 Å². The van der Waals surface area contributed by atoms with E-state index < -0.39 is 0 Å². The molecule has 0 amide bonds. The van der Waals surface area contributed by atoms with E-state index in [9.17, 15) is 0 Å². The summed E-state index contributed by atoms with van der Waals surface area (Å²) in [6.45, 7) is 9.56. The first-order valence-electron chi connectivity index (χ1n) is 7.75. The van der Waals surface area contributed by atoms with Gasteiger partial charge in [-0.2, -0.15) is 0 Å². The molecule has 0 radical (unpaired) electrons. The quantitative estimate of drug-likeness (QED) is 0.724. The molecule has 1 aliphatic carbocycles. The summed E-state index contributed by atoms with van der Waals surface area (Å²) in [6.07, 6.45) is 6.62. The van der Waals surface area contributed by atoms with Crippen molar-refractivity contribution < 1.29 is 0 Å². The van der Waals surface area contributed by atoms with Gasteiger partial charge in [-0.25, -0.2) is 0 Å². The molecule has 0 saturated heterocycles. The van der Waals surface area contributed by atoms with Crippen LogP contribution in [0.5, 0.6) is 0 Å². The topological polar surface area (TPSA) is 12.0 Å². The molecule has 2 heteroatoms. The van der Waals surface area contributed by atoms with Gasteiger partial charge < -0.3 is 5.32 Å². The number of fused-ring (bicyclic) bond motifs is 2. The minimum atomic E-state index is 0.308. The van der Waals surface area contributed by atoms with E-state index in [0.29, 0.717) is 17.0 Å². The molecule has 0 bridgehead atoms. The maximum absolute atomic E-state index is 3.96. The summed E-state index contributed by atoms with van der Waals surface area (Å²) >= 11 is 1.98. The third kappa shape index (κ3) is 2.38. The summed E-state index contributed by atoms with van der Waals surface area (Å²) in [5.74, 6) is 0.889. The first-order chi connectivity index (χ1) is 8.91. The van der Waals surface area contributed by atoms with Crippen LogP contribution in [0.4, 0.5) is 0 Å². The Hall–Kier alpha value is -0.340. The molecule has 19 heavy (non-hydrogen) atoms. The van der Waals surface area contributed by atoms with Crippen LogP contribution in [0.15, 0.2) is 11.4 Å². The first-order valence-corrected chi connectivity index (χ1v) is 8.63. The van der Waals surface area contributed by atoms with Crippen LogP contribution in [0.3, 0.4) is 0 Å². The zero-order chi connectivity index (χ0) is 13.7. The zero-order valence-electron chi connectivity index (χ0n) is 12.8. The van der Waals surface area contributed by atoms with Crippen LogP contribution in [0.1, 0.15) is 63.8 Å². The largest absolute Gasteiger partial charge is 0.304 e. The second-order valence-corrected chi connectivity index (χ2v) is 8.66. The van der Waals surface area contributed by atoms with Crippen molar-refractivity contribution in [1.82, 2.24) is 5.32 Å². The molecule has 2 aliphatic rings. The molecule has 1 saturated carbocycles. The van der Waals surface area contributed by atoms with Crippen LogP contribution in [-0.4, -0.2) is 6.04 Å². The number of hydrogen-bond acceptors (Lipinski definition) is 2. The Morgan fingerprint density at radius 2 is 1.95 bits per heavy atom. The third-order valence-corrected chi connectivity index (χ3v) is 6.45. The normalized spacial score (nSPS) is 35.4. The van der Waals surface area contributed by atoms with Gasteiger partial charge in [0.15, 0.2) is 0 Å². The lowest BCUT2D eigenvalue weighted by Crippen LogP contribution is -2.53. The highest BCUT2D eigenvalue weighted by molar-refractivity contribution is 7.10. The van der Waals surface area contributed by atoms with Gasteiger partial charge in [-0.1, -0.05) is 20.8 Å². The average molecular weight is 277 g/mol. The fourth-order valence-electron chi connectivity index (χ4n) is 4.18. The van der Waals surface area contributed by atoms with E-state index in [1.807, 2.05) is 11.3 Å². The van der Waals surface area contributed by atoms with Gasteiger partial charge in [-0.05, 0) is 67.4 Å². The molecule has 1 aromatic heterocycles. The van der Waals surface area contributed by atoms with Crippen LogP contribution >= 0.6 is 11.3 Å².